The maximum Gasteiger partial charge on any atom is 0.342 e. The van der Waals surface area contributed by atoms with Crippen molar-refractivity contribution in [2.45, 2.75) is 4.90 Å². The number of benzene rings is 2. The van der Waals surface area contributed by atoms with E-state index >= 15 is 0 Å². The second kappa shape index (κ2) is 5.46. The standard InChI is InChI=1S/C13H10F2O4S/c1-18-10-3-2-4-11(8-10)19-20(16,17)13-6-5-9(14)7-12(13)15/h2-8H,1H3. The number of rotatable bonds is 4. The average Bonchev–Trinajstić information content (AvgIpc) is 2.37. The molecule has 2 rings (SSSR count). The van der Waals surface area contributed by atoms with Gasteiger partial charge in [0.1, 0.15) is 28.0 Å². The Kier molecular flexibility index (Phi) is 3.89. The predicted octanol–water partition coefficient (Wildman–Crippen LogP) is 2.74. The Bertz CT molecular complexity index is 729. The summed E-state index contributed by atoms with van der Waals surface area (Å²) in [6, 6.07) is 7.94. The van der Waals surface area contributed by atoms with E-state index in [1.54, 1.807) is 6.07 Å². The molecule has 4 nitrogen and oxygen atoms in total. The van der Waals surface area contributed by atoms with Crippen LogP contribution >= 0.6 is 0 Å². The summed E-state index contributed by atoms with van der Waals surface area (Å²) < 4.78 is 59.8. The topological polar surface area (TPSA) is 52.6 Å². The highest BCUT2D eigenvalue weighted by Gasteiger charge is 2.22. The average molecular weight is 300 g/mol. The predicted molar refractivity (Wildman–Crippen MR) is 67.2 cm³/mol. The van der Waals surface area contributed by atoms with E-state index in [0.717, 1.165) is 12.1 Å². The van der Waals surface area contributed by atoms with Crippen molar-refractivity contribution in [3.63, 3.8) is 0 Å². The van der Waals surface area contributed by atoms with Crippen molar-refractivity contribution in [2.75, 3.05) is 7.11 Å². The molecule has 0 unspecified atom stereocenters. The minimum Gasteiger partial charge on any atom is -0.497 e. The molecule has 0 spiro atoms. The van der Waals surface area contributed by atoms with Gasteiger partial charge in [-0.15, -0.1) is 0 Å². The highest BCUT2D eigenvalue weighted by molar-refractivity contribution is 7.87. The number of methoxy groups -OCH3 is 1. The second-order valence-corrected chi connectivity index (χ2v) is 5.31. The third-order valence-electron chi connectivity index (χ3n) is 2.41. The molecule has 0 heterocycles. The van der Waals surface area contributed by atoms with E-state index < -0.39 is 26.6 Å². The van der Waals surface area contributed by atoms with Gasteiger partial charge in [-0.2, -0.15) is 8.42 Å². The number of hydrogen-bond donors (Lipinski definition) is 0. The molecule has 0 aliphatic heterocycles. The first-order valence-electron chi connectivity index (χ1n) is 5.46. The quantitative estimate of drug-likeness (QED) is 0.815. The van der Waals surface area contributed by atoms with Crippen molar-refractivity contribution in [1.82, 2.24) is 0 Å². The van der Waals surface area contributed by atoms with Gasteiger partial charge in [0.25, 0.3) is 0 Å². The van der Waals surface area contributed by atoms with Gasteiger partial charge in [0, 0.05) is 12.1 Å². The number of hydrogen-bond acceptors (Lipinski definition) is 4. The fraction of sp³-hybridized carbons (Fsp3) is 0.0769. The lowest BCUT2D eigenvalue weighted by molar-refractivity contribution is 0.411. The second-order valence-electron chi connectivity index (χ2n) is 3.79. The molecule has 2 aromatic carbocycles. The number of ether oxygens (including phenoxy) is 1. The Morgan fingerprint density at radius 1 is 1.00 bits per heavy atom. The fourth-order valence-electron chi connectivity index (χ4n) is 1.50. The zero-order valence-corrected chi connectivity index (χ0v) is 11.2. The number of halogens is 2. The molecule has 106 valence electrons. The van der Waals surface area contributed by atoms with Gasteiger partial charge in [0.05, 0.1) is 7.11 Å². The van der Waals surface area contributed by atoms with Gasteiger partial charge in [0.2, 0.25) is 0 Å². The molecule has 20 heavy (non-hydrogen) atoms. The summed E-state index contributed by atoms with van der Waals surface area (Å²) in [5, 5.41) is 0. The third-order valence-corrected chi connectivity index (χ3v) is 3.69. The fourth-order valence-corrected chi connectivity index (χ4v) is 2.48. The van der Waals surface area contributed by atoms with Crippen molar-refractivity contribution >= 4 is 10.1 Å². The van der Waals surface area contributed by atoms with Gasteiger partial charge < -0.3 is 8.92 Å². The Balaban J connectivity index is 2.35. The Labute approximate surface area is 114 Å². The van der Waals surface area contributed by atoms with Crippen LogP contribution in [0.2, 0.25) is 0 Å². The molecular formula is C13H10F2O4S. The lowest BCUT2D eigenvalue weighted by atomic mass is 10.3. The van der Waals surface area contributed by atoms with Gasteiger partial charge in [-0.25, -0.2) is 8.78 Å². The van der Waals surface area contributed by atoms with Crippen LogP contribution in [-0.4, -0.2) is 15.5 Å². The van der Waals surface area contributed by atoms with Gasteiger partial charge in [-0.3, -0.25) is 0 Å². The normalized spacial score (nSPS) is 11.2. The van der Waals surface area contributed by atoms with E-state index in [9.17, 15) is 17.2 Å². The van der Waals surface area contributed by atoms with Crippen LogP contribution in [0.1, 0.15) is 0 Å². The maximum absolute atomic E-state index is 13.5. The summed E-state index contributed by atoms with van der Waals surface area (Å²) in [4.78, 5) is -0.735. The molecule has 0 radical (unpaired) electrons. The molecule has 0 bridgehead atoms. The molecule has 0 aliphatic carbocycles. The lowest BCUT2D eigenvalue weighted by Crippen LogP contribution is -2.11. The first-order chi connectivity index (χ1) is 9.42. The largest absolute Gasteiger partial charge is 0.497 e. The van der Waals surface area contributed by atoms with Crippen LogP contribution in [0, 0.1) is 11.6 Å². The highest BCUT2D eigenvalue weighted by Crippen LogP contribution is 2.24. The van der Waals surface area contributed by atoms with E-state index in [-0.39, 0.29) is 5.75 Å². The van der Waals surface area contributed by atoms with Crippen LogP contribution in [0.15, 0.2) is 47.4 Å². The zero-order valence-electron chi connectivity index (χ0n) is 10.3. The molecule has 0 N–H and O–H groups in total. The molecule has 0 saturated carbocycles. The minimum absolute atomic E-state index is 0.0342. The van der Waals surface area contributed by atoms with Crippen LogP contribution in [0.25, 0.3) is 0 Å². The minimum atomic E-state index is -4.38. The van der Waals surface area contributed by atoms with Crippen LogP contribution < -0.4 is 8.92 Å². The summed E-state index contributed by atoms with van der Waals surface area (Å²) >= 11 is 0. The van der Waals surface area contributed by atoms with Gasteiger partial charge in [-0.05, 0) is 24.3 Å². The van der Waals surface area contributed by atoms with Crippen molar-refractivity contribution < 1.29 is 26.1 Å². The Morgan fingerprint density at radius 2 is 1.70 bits per heavy atom. The Hall–Kier alpha value is -2.15. The summed E-state index contributed by atoms with van der Waals surface area (Å²) in [6.45, 7) is 0. The lowest BCUT2D eigenvalue weighted by Gasteiger charge is -2.08. The van der Waals surface area contributed by atoms with Crippen molar-refractivity contribution in [3.8, 4) is 11.5 Å². The van der Waals surface area contributed by atoms with E-state index in [1.807, 2.05) is 0 Å². The van der Waals surface area contributed by atoms with Crippen molar-refractivity contribution in [3.05, 3.63) is 54.1 Å². The van der Waals surface area contributed by atoms with Crippen LogP contribution in [0.3, 0.4) is 0 Å². The zero-order chi connectivity index (χ0) is 14.8. The third kappa shape index (κ3) is 3.05. The smallest absolute Gasteiger partial charge is 0.342 e. The molecule has 0 aromatic heterocycles. The maximum atomic E-state index is 13.5. The van der Waals surface area contributed by atoms with Gasteiger partial charge in [-0.1, -0.05) is 6.07 Å². The van der Waals surface area contributed by atoms with E-state index in [4.69, 9.17) is 8.92 Å². The summed E-state index contributed by atoms with van der Waals surface area (Å²) in [6.07, 6.45) is 0. The van der Waals surface area contributed by atoms with Gasteiger partial charge in [0.15, 0.2) is 0 Å². The van der Waals surface area contributed by atoms with E-state index in [2.05, 4.69) is 0 Å². The molecule has 0 amide bonds. The van der Waals surface area contributed by atoms with Gasteiger partial charge >= 0.3 is 10.1 Å². The summed E-state index contributed by atoms with van der Waals surface area (Å²) in [7, 11) is -2.97. The molecule has 0 fully saturated rings. The van der Waals surface area contributed by atoms with Crippen LogP contribution in [0.5, 0.6) is 11.5 Å². The summed E-state index contributed by atoms with van der Waals surface area (Å²) in [5.74, 6) is -1.74. The molecule has 0 aliphatic rings. The van der Waals surface area contributed by atoms with Crippen LogP contribution in [-0.2, 0) is 10.1 Å². The monoisotopic (exact) mass is 300 g/mol. The highest BCUT2D eigenvalue weighted by atomic mass is 32.2. The SMILES string of the molecule is COc1cccc(OS(=O)(=O)c2ccc(F)cc2F)c1. The first kappa shape index (κ1) is 14.3. The Morgan fingerprint density at radius 3 is 2.35 bits per heavy atom. The molecule has 0 saturated heterocycles. The summed E-state index contributed by atoms with van der Waals surface area (Å²) in [5.41, 5.74) is 0. The van der Waals surface area contributed by atoms with Crippen molar-refractivity contribution in [2.24, 2.45) is 0 Å². The molecule has 2 aromatic rings. The van der Waals surface area contributed by atoms with Crippen molar-refractivity contribution in [1.29, 1.82) is 0 Å². The molecule has 0 atom stereocenters. The first-order valence-corrected chi connectivity index (χ1v) is 6.87. The molecular weight excluding hydrogens is 290 g/mol. The van der Waals surface area contributed by atoms with E-state index in [1.165, 1.54) is 25.3 Å². The van der Waals surface area contributed by atoms with Crippen LogP contribution in [0.4, 0.5) is 8.78 Å². The van der Waals surface area contributed by atoms with E-state index in [0.29, 0.717) is 11.8 Å². The molecule has 7 heteroatoms.